The van der Waals surface area contributed by atoms with Gasteiger partial charge in [-0.2, -0.15) is 13.2 Å². The van der Waals surface area contributed by atoms with Crippen molar-refractivity contribution in [1.82, 2.24) is 5.32 Å². The SMILES string of the molecule is NC(=O)[C@H](NCC(F)(F)F)C(=O)Nc1ccc(N2CCOCC2=O)cc1F. The molecule has 0 bridgehead atoms. The highest BCUT2D eigenvalue weighted by Gasteiger charge is 2.32. The molecule has 1 atom stereocenters. The van der Waals surface area contributed by atoms with Gasteiger partial charge >= 0.3 is 6.18 Å². The van der Waals surface area contributed by atoms with E-state index in [1.807, 2.05) is 5.32 Å². The van der Waals surface area contributed by atoms with Crippen molar-refractivity contribution in [2.45, 2.75) is 12.2 Å². The first kappa shape index (κ1) is 20.6. The Bertz CT molecular complexity index is 741. The Morgan fingerprint density at radius 3 is 2.59 bits per heavy atom. The number of benzene rings is 1. The van der Waals surface area contributed by atoms with E-state index in [1.54, 1.807) is 5.32 Å². The predicted molar refractivity (Wildman–Crippen MR) is 85.2 cm³/mol. The van der Waals surface area contributed by atoms with Crippen molar-refractivity contribution < 1.29 is 36.7 Å². The van der Waals surface area contributed by atoms with E-state index < -0.39 is 36.4 Å². The standard InChI is InChI=1S/C15H16F4N4O4/c16-9-5-8(23-3-4-27-6-11(23)24)1-2-10(9)22-14(26)12(13(20)25)21-7-15(17,18)19/h1-2,5,12,21H,3-4,6-7H2,(H2,20,25)(H,22,26)/t12-/m0/s1. The zero-order valence-electron chi connectivity index (χ0n) is 13.8. The molecule has 27 heavy (non-hydrogen) atoms. The van der Waals surface area contributed by atoms with Crippen LogP contribution in [0.3, 0.4) is 0 Å². The number of alkyl halides is 3. The largest absolute Gasteiger partial charge is 0.401 e. The van der Waals surface area contributed by atoms with Gasteiger partial charge in [0.15, 0.2) is 6.04 Å². The molecule has 8 nitrogen and oxygen atoms in total. The summed E-state index contributed by atoms with van der Waals surface area (Å²) < 4.78 is 55.9. The smallest absolute Gasteiger partial charge is 0.370 e. The molecular formula is C15H16F4N4O4. The van der Waals surface area contributed by atoms with Gasteiger partial charge in [0.05, 0.1) is 18.8 Å². The fraction of sp³-hybridized carbons (Fsp3) is 0.400. The molecule has 0 radical (unpaired) electrons. The lowest BCUT2D eigenvalue weighted by Gasteiger charge is -2.27. The number of morpholine rings is 1. The van der Waals surface area contributed by atoms with Gasteiger partial charge in [-0.05, 0) is 18.2 Å². The quantitative estimate of drug-likeness (QED) is 0.471. The van der Waals surface area contributed by atoms with Gasteiger partial charge in [0.1, 0.15) is 12.4 Å². The predicted octanol–water partition coefficient (Wildman–Crippen LogP) is 0.133. The molecule has 1 fully saturated rings. The first-order valence-corrected chi connectivity index (χ1v) is 7.66. The summed E-state index contributed by atoms with van der Waals surface area (Å²) >= 11 is 0. The Balaban J connectivity index is 2.10. The lowest BCUT2D eigenvalue weighted by molar-refractivity contribution is -0.135. The van der Waals surface area contributed by atoms with Gasteiger partial charge in [-0.25, -0.2) is 4.39 Å². The molecule has 4 N–H and O–H groups in total. The molecule has 2 rings (SSSR count). The van der Waals surface area contributed by atoms with E-state index in [0.717, 1.165) is 12.1 Å². The van der Waals surface area contributed by atoms with Gasteiger partial charge in [0.25, 0.3) is 11.8 Å². The molecule has 0 spiro atoms. The number of nitrogens with two attached hydrogens (primary N) is 1. The zero-order chi connectivity index (χ0) is 20.2. The van der Waals surface area contributed by atoms with Crippen molar-refractivity contribution in [3.63, 3.8) is 0 Å². The number of hydrogen-bond acceptors (Lipinski definition) is 5. The Labute approximate surface area is 150 Å². The summed E-state index contributed by atoms with van der Waals surface area (Å²) in [6.45, 7) is -1.29. The Morgan fingerprint density at radius 1 is 1.33 bits per heavy atom. The maximum atomic E-state index is 14.2. The monoisotopic (exact) mass is 392 g/mol. The van der Waals surface area contributed by atoms with Crippen LogP contribution in [0.2, 0.25) is 0 Å². The van der Waals surface area contributed by atoms with Gasteiger partial charge in [0, 0.05) is 12.2 Å². The van der Waals surface area contributed by atoms with Gasteiger partial charge in [-0.1, -0.05) is 0 Å². The first-order chi connectivity index (χ1) is 12.6. The highest BCUT2D eigenvalue weighted by atomic mass is 19.4. The molecule has 1 aromatic rings. The zero-order valence-corrected chi connectivity index (χ0v) is 13.8. The number of anilines is 2. The van der Waals surface area contributed by atoms with Crippen molar-refractivity contribution >= 4 is 29.1 Å². The number of halogens is 4. The van der Waals surface area contributed by atoms with E-state index in [-0.39, 0.29) is 37.0 Å². The van der Waals surface area contributed by atoms with Gasteiger partial charge in [0.2, 0.25) is 5.91 Å². The third-order valence-corrected chi connectivity index (χ3v) is 3.56. The van der Waals surface area contributed by atoms with Crippen LogP contribution in [0.25, 0.3) is 0 Å². The Morgan fingerprint density at radius 2 is 2.04 bits per heavy atom. The highest BCUT2D eigenvalue weighted by Crippen LogP contribution is 2.23. The lowest BCUT2D eigenvalue weighted by Crippen LogP contribution is -2.52. The number of nitrogens with zero attached hydrogens (tertiary/aromatic N) is 1. The molecule has 1 heterocycles. The van der Waals surface area contributed by atoms with Crippen molar-refractivity contribution in [1.29, 1.82) is 0 Å². The fourth-order valence-electron chi connectivity index (χ4n) is 2.31. The molecule has 0 aliphatic carbocycles. The number of hydrogen-bond donors (Lipinski definition) is 3. The number of amides is 3. The first-order valence-electron chi connectivity index (χ1n) is 7.66. The topological polar surface area (TPSA) is 114 Å². The van der Waals surface area contributed by atoms with Gasteiger partial charge < -0.3 is 20.7 Å². The second-order valence-corrected chi connectivity index (χ2v) is 5.58. The maximum absolute atomic E-state index is 14.2. The summed E-state index contributed by atoms with van der Waals surface area (Å²) in [6, 6.07) is 1.42. The highest BCUT2D eigenvalue weighted by molar-refractivity contribution is 6.09. The number of primary amides is 1. The molecule has 1 aromatic carbocycles. The number of rotatable bonds is 6. The molecule has 1 aliphatic heterocycles. The van der Waals surface area contributed by atoms with E-state index in [9.17, 15) is 31.9 Å². The lowest BCUT2D eigenvalue weighted by atomic mass is 10.2. The van der Waals surface area contributed by atoms with Crippen LogP contribution in [0, 0.1) is 5.82 Å². The maximum Gasteiger partial charge on any atom is 0.401 e. The van der Waals surface area contributed by atoms with Crippen LogP contribution in [-0.2, 0) is 19.1 Å². The average molecular weight is 392 g/mol. The van der Waals surface area contributed by atoms with Crippen molar-refractivity contribution in [2.24, 2.45) is 5.73 Å². The molecule has 3 amide bonds. The molecule has 1 saturated heterocycles. The number of nitrogens with one attached hydrogen (secondary N) is 2. The molecule has 12 heteroatoms. The van der Waals surface area contributed by atoms with Crippen molar-refractivity contribution in [3.8, 4) is 0 Å². The summed E-state index contributed by atoms with van der Waals surface area (Å²) in [7, 11) is 0. The van der Waals surface area contributed by atoms with Crippen LogP contribution in [0.4, 0.5) is 28.9 Å². The van der Waals surface area contributed by atoms with E-state index in [1.165, 1.54) is 11.0 Å². The van der Waals surface area contributed by atoms with Crippen molar-refractivity contribution in [3.05, 3.63) is 24.0 Å². The third-order valence-electron chi connectivity index (χ3n) is 3.56. The molecule has 0 saturated carbocycles. The second-order valence-electron chi connectivity index (χ2n) is 5.58. The summed E-state index contributed by atoms with van der Waals surface area (Å²) in [6.07, 6.45) is -4.68. The van der Waals surface area contributed by atoms with Crippen LogP contribution >= 0.6 is 0 Å². The number of ether oxygens (including phenoxy) is 1. The molecule has 0 aromatic heterocycles. The summed E-state index contributed by atoms with van der Waals surface area (Å²) in [5.41, 5.74) is 4.75. The Hall–Kier alpha value is -2.73. The summed E-state index contributed by atoms with van der Waals surface area (Å²) in [5, 5.41) is 3.66. The fourth-order valence-corrected chi connectivity index (χ4v) is 2.31. The normalized spacial score (nSPS) is 16.1. The minimum Gasteiger partial charge on any atom is -0.370 e. The molecule has 1 aliphatic rings. The van der Waals surface area contributed by atoms with Crippen LogP contribution < -0.4 is 21.3 Å². The van der Waals surface area contributed by atoms with E-state index >= 15 is 0 Å². The summed E-state index contributed by atoms with van der Waals surface area (Å²) in [5.74, 6) is -3.92. The van der Waals surface area contributed by atoms with E-state index in [2.05, 4.69) is 0 Å². The van der Waals surface area contributed by atoms with E-state index in [0.29, 0.717) is 0 Å². The van der Waals surface area contributed by atoms with Gasteiger partial charge in [-0.15, -0.1) is 0 Å². The minimum absolute atomic E-state index is 0.148. The van der Waals surface area contributed by atoms with Crippen LogP contribution in [0.15, 0.2) is 18.2 Å². The second kappa shape index (κ2) is 8.31. The molecule has 148 valence electrons. The van der Waals surface area contributed by atoms with Crippen LogP contribution in [0.5, 0.6) is 0 Å². The van der Waals surface area contributed by atoms with E-state index in [4.69, 9.17) is 10.5 Å². The number of carbonyl (C=O) groups is 3. The van der Waals surface area contributed by atoms with Gasteiger partial charge in [-0.3, -0.25) is 19.7 Å². The molecule has 0 unspecified atom stereocenters. The minimum atomic E-state index is -4.68. The summed E-state index contributed by atoms with van der Waals surface area (Å²) in [4.78, 5) is 36.2. The number of carbonyl (C=O) groups excluding carboxylic acids is 3. The van der Waals surface area contributed by atoms with Crippen LogP contribution in [-0.4, -0.2) is 56.2 Å². The third kappa shape index (κ3) is 5.62. The Kier molecular flexibility index (Phi) is 6.33. The average Bonchev–Trinajstić information content (AvgIpc) is 2.56. The molecular weight excluding hydrogens is 376 g/mol. The van der Waals surface area contributed by atoms with Crippen molar-refractivity contribution in [2.75, 3.05) is 36.5 Å². The van der Waals surface area contributed by atoms with Crippen LogP contribution in [0.1, 0.15) is 0 Å².